The van der Waals surface area contributed by atoms with Gasteiger partial charge in [-0.3, -0.25) is 0 Å². The van der Waals surface area contributed by atoms with Crippen molar-refractivity contribution in [3.63, 3.8) is 0 Å². The van der Waals surface area contributed by atoms with Crippen molar-refractivity contribution in [1.29, 1.82) is 0 Å². The summed E-state index contributed by atoms with van der Waals surface area (Å²) in [6.45, 7) is 8.54. The molecule has 0 nitrogen and oxygen atoms in total. The fourth-order valence-electron chi connectivity index (χ4n) is 4.04. The van der Waals surface area contributed by atoms with Crippen molar-refractivity contribution >= 4 is 0 Å². The zero-order valence-electron chi connectivity index (χ0n) is 17.6. The van der Waals surface area contributed by atoms with Crippen molar-refractivity contribution in [3.8, 4) is 0 Å². The Bertz CT molecular complexity index is 495. The Morgan fingerprint density at radius 2 is 1.46 bits per heavy atom. The molecule has 0 saturated heterocycles. The number of unbranched alkanes of at least 4 members (excludes halogenated alkanes) is 2. The lowest BCUT2D eigenvalue weighted by Crippen LogP contribution is -2.03. The minimum Gasteiger partial charge on any atom is -0.203 e. The van der Waals surface area contributed by atoms with Crippen molar-refractivity contribution in [2.45, 2.75) is 105 Å². The Morgan fingerprint density at radius 3 is 2.15 bits per heavy atom. The van der Waals surface area contributed by atoms with E-state index in [1.807, 2.05) is 0 Å². The van der Waals surface area contributed by atoms with E-state index in [2.05, 4.69) is 20.8 Å². The summed E-state index contributed by atoms with van der Waals surface area (Å²) in [5.74, 6) is 0.396. The van der Waals surface area contributed by atoms with E-state index in [1.165, 1.54) is 57.8 Å². The predicted octanol–water partition coefficient (Wildman–Crippen LogP) is 8.40. The second-order valence-corrected chi connectivity index (χ2v) is 8.25. The number of aryl methyl sites for hydroxylation is 2. The first-order chi connectivity index (χ1) is 12.5. The van der Waals surface area contributed by atoms with Crippen LogP contribution in [-0.4, -0.2) is 0 Å². The Balaban J connectivity index is 2.25. The molecule has 150 valence electrons. The van der Waals surface area contributed by atoms with Crippen LogP contribution in [0, 0.1) is 30.4 Å². The number of hydrogen-bond donors (Lipinski definition) is 0. The zero-order valence-corrected chi connectivity index (χ0v) is 17.6. The second kappa shape index (κ2) is 13.3. The fourth-order valence-corrected chi connectivity index (χ4v) is 4.04. The van der Waals surface area contributed by atoms with Gasteiger partial charge in [-0.05, 0) is 42.7 Å². The highest BCUT2D eigenvalue weighted by molar-refractivity contribution is 5.25. The lowest BCUT2D eigenvalue weighted by molar-refractivity contribution is 0.360. The summed E-state index contributed by atoms with van der Waals surface area (Å²) in [5.41, 5.74) is 0.921. The molecule has 0 heterocycles. The summed E-state index contributed by atoms with van der Waals surface area (Å²) >= 11 is 0. The van der Waals surface area contributed by atoms with E-state index in [4.69, 9.17) is 0 Å². The topological polar surface area (TPSA) is 0 Å². The largest absolute Gasteiger partial charge is 0.203 e. The second-order valence-electron chi connectivity index (χ2n) is 8.25. The molecule has 1 rings (SSSR count). The number of rotatable bonds is 14. The van der Waals surface area contributed by atoms with Gasteiger partial charge in [-0.15, -0.1) is 0 Å². The maximum atomic E-state index is 13.9. The number of halogens is 2. The van der Waals surface area contributed by atoms with E-state index in [-0.39, 0.29) is 0 Å². The lowest BCUT2D eigenvalue weighted by Gasteiger charge is -2.17. The quantitative estimate of drug-likeness (QED) is 0.290. The molecule has 0 bridgehead atoms. The molecule has 0 fully saturated rings. The maximum Gasteiger partial charge on any atom is 0.162 e. The first-order valence-corrected chi connectivity index (χ1v) is 10.9. The van der Waals surface area contributed by atoms with E-state index in [0.717, 1.165) is 24.7 Å². The van der Waals surface area contributed by atoms with Gasteiger partial charge in [-0.25, -0.2) is 8.78 Å². The Hall–Kier alpha value is -0.920. The normalized spacial score (nSPS) is 13.8. The van der Waals surface area contributed by atoms with E-state index in [9.17, 15) is 8.78 Å². The van der Waals surface area contributed by atoms with Crippen molar-refractivity contribution in [2.75, 3.05) is 0 Å². The predicted molar refractivity (Wildman–Crippen MR) is 110 cm³/mol. The molecule has 2 atom stereocenters. The average Bonchev–Trinajstić information content (AvgIpc) is 2.61. The molecule has 0 aromatic heterocycles. The summed E-state index contributed by atoms with van der Waals surface area (Å²) in [5, 5.41) is 0. The molecular weight excluding hydrogens is 326 g/mol. The zero-order chi connectivity index (χ0) is 19.4. The molecular formula is C24H40F2. The first-order valence-electron chi connectivity index (χ1n) is 10.9. The lowest BCUT2D eigenvalue weighted by atomic mass is 9.89. The first kappa shape index (κ1) is 23.1. The molecule has 0 aliphatic carbocycles. The molecule has 0 radical (unpaired) electrons. The molecule has 0 aliphatic rings. The highest BCUT2D eigenvalue weighted by Crippen LogP contribution is 2.25. The van der Waals surface area contributed by atoms with Crippen molar-refractivity contribution < 1.29 is 8.78 Å². The minimum atomic E-state index is -0.678. The smallest absolute Gasteiger partial charge is 0.162 e. The van der Waals surface area contributed by atoms with Crippen LogP contribution >= 0.6 is 0 Å². The summed E-state index contributed by atoms with van der Waals surface area (Å²) in [7, 11) is 0. The van der Waals surface area contributed by atoms with Gasteiger partial charge >= 0.3 is 0 Å². The van der Waals surface area contributed by atoms with Crippen LogP contribution in [0.5, 0.6) is 0 Å². The third-order valence-electron chi connectivity index (χ3n) is 5.70. The van der Waals surface area contributed by atoms with Crippen molar-refractivity contribution in [1.82, 2.24) is 0 Å². The minimum absolute atomic E-state index is 0.391. The van der Waals surface area contributed by atoms with Gasteiger partial charge in [0.1, 0.15) is 0 Å². The Kier molecular flexibility index (Phi) is 11.8. The summed E-state index contributed by atoms with van der Waals surface area (Å²) in [4.78, 5) is 0. The van der Waals surface area contributed by atoms with Crippen LogP contribution in [0.4, 0.5) is 8.78 Å². The highest BCUT2D eigenvalue weighted by Gasteiger charge is 2.11. The molecule has 0 spiro atoms. The SMILES string of the molecule is CCCC(C)CCCC(CCC)CCCCCc1ccc(C)c(F)c1F. The molecule has 1 aromatic carbocycles. The van der Waals surface area contributed by atoms with E-state index < -0.39 is 11.6 Å². The number of benzene rings is 1. The van der Waals surface area contributed by atoms with Crippen LogP contribution in [0.2, 0.25) is 0 Å². The molecule has 2 heteroatoms. The highest BCUT2D eigenvalue weighted by atomic mass is 19.2. The summed E-state index contributed by atoms with van der Waals surface area (Å²) < 4.78 is 27.5. The van der Waals surface area contributed by atoms with Gasteiger partial charge < -0.3 is 0 Å². The molecule has 26 heavy (non-hydrogen) atoms. The van der Waals surface area contributed by atoms with Gasteiger partial charge in [-0.2, -0.15) is 0 Å². The van der Waals surface area contributed by atoms with Crippen LogP contribution in [-0.2, 0) is 6.42 Å². The van der Waals surface area contributed by atoms with Gasteiger partial charge in [0.25, 0.3) is 0 Å². The molecule has 2 unspecified atom stereocenters. The van der Waals surface area contributed by atoms with E-state index >= 15 is 0 Å². The monoisotopic (exact) mass is 366 g/mol. The number of hydrogen-bond acceptors (Lipinski definition) is 0. The Morgan fingerprint density at radius 1 is 0.769 bits per heavy atom. The van der Waals surface area contributed by atoms with E-state index in [1.54, 1.807) is 19.1 Å². The van der Waals surface area contributed by atoms with Crippen molar-refractivity contribution in [3.05, 3.63) is 34.9 Å². The van der Waals surface area contributed by atoms with Crippen LogP contribution in [0.15, 0.2) is 12.1 Å². The van der Waals surface area contributed by atoms with Crippen LogP contribution in [0.3, 0.4) is 0 Å². The van der Waals surface area contributed by atoms with E-state index in [0.29, 0.717) is 17.5 Å². The fraction of sp³-hybridized carbons (Fsp3) is 0.750. The molecule has 0 aliphatic heterocycles. The standard InChI is InChI=1S/C24H40F2/c1-5-11-19(3)13-10-15-21(12-6-2)14-8-7-9-16-22-18-17-20(4)23(25)24(22)26/h17-19,21H,5-16H2,1-4H3. The third-order valence-corrected chi connectivity index (χ3v) is 5.70. The molecule has 0 amide bonds. The molecule has 1 aromatic rings. The molecule has 0 saturated carbocycles. The van der Waals surface area contributed by atoms with Gasteiger partial charge in [0.2, 0.25) is 0 Å². The van der Waals surface area contributed by atoms with Gasteiger partial charge in [-0.1, -0.05) is 97.1 Å². The summed E-state index contributed by atoms with van der Waals surface area (Å²) in [6.07, 6.45) is 14.6. The summed E-state index contributed by atoms with van der Waals surface area (Å²) in [6, 6.07) is 3.43. The maximum absolute atomic E-state index is 13.9. The van der Waals surface area contributed by atoms with Crippen LogP contribution in [0.1, 0.15) is 103 Å². The van der Waals surface area contributed by atoms with Gasteiger partial charge in [0.05, 0.1) is 0 Å². The third kappa shape index (κ3) is 8.64. The average molecular weight is 367 g/mol. The van der Waals surface area contributed by atoms with Crippen molar-refractivity contribution in [2.24, 2.45) is 11.8 Å². The van der Waals surface area contributed by atoms with Gasteiger partial charge in [0, 0.05) is 0 Å². The van der Waals surface area contributed by atoms with Gasteiger partial charge in [0.15, 0.2) is 11.6 Å². The van der Waals surface area contributed by atoms with Crippen LogP contribution in [0.25, 0.3) is 0 Å². The Labute approximate surface area is 160 Å². The van der Waals surface area contributed by atoms with Crippen LogP contribution < -0.4 is 0 Å². The molecule has 0 N–H and O–H groups in total.